The molecule has 94 valence electrons. The van der Waals surface area contributed by atoms with E-state index >= 15 is 0 Å². The van der Waals surface area contributed by atoms with Gasteiger partial charge in [-0.25, -0.2) is 4.39 Å². The molecule has 2 rings (SSSR count). The lowest BCUT2D eigenvalue weighted by atomic mass is 9.99. The summed E-state index contributed by atoms with van der Waals surface area (Å²) in [6.45, 7) is 0. The average molecular weight is 393 g/mol. The largest absolute Gasteiger partial charge is 0.320 e. The topological polar surface area (TPSA) is 26.0 Å². The molecule has 0 aliphatic rings. The molecule has 0 spiro atoms. The minimum Gasteiger partial charge on any atom is -0.320 e. The SMILES string of the molecule is NC(c1cc(Cl)cc(Br)c1)c1cccc(Br)c1F. The molecule has 18 heavy (non-hydrogen) atoms. The Morgan fingerprint density at radius 3 is 2.56 bits per heavy atom. The maximum absolute atomic E-state index is 14.0. The zero-order valence-corrected chi connectivity index (χ0v) is 13.1. The lowest BCUT2D eigenvalue weighted by molar-refractivity contribution is 0.593. The van der Waals surface area contributed by atoms with Gasteiger partial charge in [-0.05, 0) is 45.8 Å². The lowest BCUT2D eigenvalue weighted by Crippen LogP contribution is -2.13. The molecule has 2 N–H and O–H groups in total. The van der Waals surface area contributed by atoms with Crippen molar-refractivity contribution < 1.29 is 4.39 Å². The Hall–Kier alpha value is -0.420. The minimum absolute atomic E-state index is 0.346. The summed E-state index contributed by atoms with van der Waals surface area (Å²) >= 11 is 12.5. The first-order valence-corrected chi connectivity index (χ1v) is 7.11. The predicted molar refractivity (Wildman–Crippen MR) is 79.3 cm³/mol. The van der Waals surface area contributed by atoms with E-state index in [4.69, 9.17) is 17.3 Å². The first-order chi connectivity index (χ1) is 8.49. The van der Waals surface area contributed by atoms with Gasteiger partial charge in [-0.15, -0.1) is 0 Å². The molecule has 0 heterocycles. The van der Waals surface area contributed by atoms with Gasteiger partial charge in [-0.1, -0.05) is 39.7 Å². The summed E-state index contributed by atoms with van der Waals surface area (Å²) in [5, 5.41) is 0.560. The van der Waals surface area contributed by atoms with Crippen LogP contribution in [-0.2, 0) is 0 Å². The van der Waals surface area contributed by atoms with E-state index in [-0.39, 0.29) is 5.82 Å². The fourth-order valence-electron chi connectivity index (χ4n) is 1.69. The first-order valence-electron chi connectivity index (χ1n) is 5.14. The summed E-state index contributed by atoms with van der Waals surface area (Å²) in [5.74, 6) is -0.346. The molecule has 0 bridgehead atoms. The van der Waals surface area contributed by atoms with E-state index in [2.05, 4.69) is 31.9 Å². The second-order valence-corrected chi connectivity index (χ2v) is 6.03. The average Bonchev–Trinajstić information content (AvgIpc) is 2.30. The van der Waals surface area contributed by atoms with Crippen LogP contribution in [0.3, 0.4) is 0 Å². The standard InChI is InChI=1S/C13H9Br2ClFN/c14-8-4-7(5-9(16)6-8)13(18)10-2-1-3-11(15)12(10)17/h1-6,13H,18H2. The zero-order chi connectivity index (χ0) is 13.3. The molecule has 0 aliphatic heterocycles. The van der Waals surface area contributed by atoms with Crippen molar-refractivity contribution in [3.63, 3.8) is 0 Å². The van der Waals surface area contributed by atoms with Crippen LogP contribution in [0.5, 0.6) is 0 Å². The Bertz CT molecular complexity index is 569. The highest BCUT2D eigenvalue weighted by molar-refractivity contribution is 9.10. The monoisotopic (exact) mass is 391 g/mol. The van der Waals surface area contributed by atoms with Gasteiger partial charge in [0.15, 0.2) is 0 Å². The molecule has 0 amide bonds. The van der Waals surface area contributed by atoms with Crippen molar-refractivity contribution in [1.82, 2.24) is 0 Å². The van der Waals surface area contributed by atoms with Gasteiger partial charge in [0.25, 0.3) is 0 Å². The molecule has 0 saturated heterocycles. The van der Waals surface area contributed by atoms with E-state index in [1.807, 2.05) is 6.07 Å². The van der Waals surface area contributed by atoms with Gasteiger partial charge >= 0.3 is 0 Å². The van der Waals surface area contributed by atoms with Gasteiger partial charge in [-0.2, -0.15) is 0 Å². The summed E-state index contributed by atoms with van der Waals surface area (Å²) in [6.07, 6.45) is 0. The van der Waals surface area contributed by atoms with Gasteiger partial charge in [0.1, 0.15) is 5.82 Å². The Balaban J connectivity index is 2.47. The number of nitrogens with two attached hydrogens (primary N) is 1. The van der Waals surface area contributed by atoms with Gasteiger partial charge in [0.05, 0.1) is 10.5 Å². The molecule has 0 aromatic heterocycles. The van der Waals surface area contributed by atoms with E-state index < -0.39 is 6.04 Å². The Kier molecular flexibility index (Phi) is 4.43. The van der Waals surface area contributed by atoms with Crippen LogP contribution >= 0.6 is 43.5 Å². The third-order valence-electron chi connectivity index (χ3n) is 2.56. The highest BCUT2D eigenvalue weighted by Gasteiger charge is 2.16. The summed E-state index contributed by atoms with van der Waals surface area (Å²) in [5.41, 5.74) is 7.27. The smallest absolute Gasteiger partial charge is 0.142 e. The molecule has 0 aliphatic carbocycles. The van der Waals surface area contributed by atoms with Crippen LogP contribution in [0.1, 0.15) is 17.2 Å². The summed E-state index contributed by atoms with van der Waals surface area (Å²) in [6, 6.07) is 9.82. The van der Waals surface area contributed by atoms with Crippen molar-refractivity contribution >= 4 is 43.5 Å². The zero-order valence-electron chi connectivity index (χ0n) is 9.13. The minimum atomic E-state index is -0.558. The molecule has 0 radical (unpaired) electrons. The van der Waals surface area contributed by atoms with Crippen LogP contribution in [0.4, 0.5) is 4.39 Å². The molecule has 1 nitrogen and oxygen atoms in total. The second-order valence-electron chi connectivity index (χ2n) is 3.82. The summed E-state index contributed by atoms with van der Waals surface area (Å²) < 4.78 is 15.2. The third kappa shape index (κ3) is 2.94. The molecule has 0 saturated carbocycles. The normalized spacial score (nSPS) is 12.5. The molecule has 2 aromatic carbocycles. The Labute approximate surface area is 126 Å². The number of halogens is 4. The fraction of sp³-hybridized carbons (Fsp3) is 0.0769. The van der Waals surface area contributed by atoms with E-state index in [0.717, 1.165) is 10.0 Å². The molecule has 2 aromatic rings. The van der Waals surface area contributed by atoms with E-state index in [1.165, 1.54) is 0 Å². The van der Waals surface area contributed by atoms with Crippen LogP contribution < -0.4 is 5.73 Å². The third-order valence-corrected chi connectivity index (χ3v) is 3.85. The molecular formula is C13H9Br2ClFN. The number of rotatable bonds is 2. The molecule has 5 heteroatoms. The molecular weight excluding hydrogens is 384 g/mol. The van der Waals surface area contributed by atoms with Crippen molar-refractivity contribution in [3.8, 4) is 0 Å². The summed E-state index contributed by atoms with van der Waals surface area (Å²) in [4.78, 5) is 0. The Morgan fingerprint density at radius 1 is 1.17 bits per heavy atom. The highest BCUT2D eigenvalue weighted by Crippen LogP contribution is 2.29. The van der Waals surface area contributed by atoms with Crippen molar-refractivity contribution in [1.29, 1.82) is 0 Å². The molecule has 1 unspecified atom stereocenters. The van der Waals surface area contributed by atoms with Crippen molar-refractivity contribution in [2.24, 2.45) is 5.73 Å². The number of hydrogen-bond acceptors (Lipinski definition) is 1. The fourth-order valence-corrected chi connectivity index (χ4v) is 2.96. The van der Waals surface area contributed by atoms with Crippen LogP contribution in [-0.4, -0.2) is 0 Å². The van der Waals surface area contributed by atoms with Gasteiger partial charge in [-0.3, -0.25) is 0 Å². The number of hydrogen-bond donors (Lipinski definition) is 1. The number of benzene rings is 2. The summed E-state index contributed by atoms with van der Waals surface area (Å²) in [7, 11) is 0. The molecule has 0 fully saturated rings. The van der Waals surface area contributed by atoms with Crippen LogP contribution in [0.15, 0.2) is 45.3 Å². The van der Waals surface area contributed by atoms with E-state index in [0.29, 0.717) is 15.1 Å². The highest BCUT2D eigenvalue weighted by atomic mass is 79.9. The van der Waals surface area contributed by atoms with Gasteiger partial charge < -0.3 is 5.73 Å². The second kappa shape index (κ2) is 5.70. The lowest BCUT2D eigenvalue weighted by Gasteiger charge is -2.15. The van der Waals surface area contributed by atoms with Crippen molar-refractivity contribution in [2.45, 2.75) is 6.04 Å². The van der Waals surface area contributed by atoms with Crippen LogP contribution in [0, 0.1) is 5.82 Å². The Morgan fingerprint density at radius 2 is 1.89 bits per heavy atom. The van der Waals surface area contributed by atoms with Crippen LogP contribution in [0.25, 0.3) is 0 Å². The van der Waals surface area contributed by atoms with Gasteiger partial charge in [0.2, 0.25) is 0 Å². The quantitative estimate of drug-likeness (QED) is 0.759. The van der Waals surface area contributed by atoms with Crippen LogP contribution in [0.2, 0.25) is 5.02 Å². The van der Waals surface area contributed by atoms with Crippen molar-refractivity contribution in [2.75, 3.05) is 0 Å². The maximum atomic E-state index is 14.0. The first kappa shape index (κ1) is 14.0. The van der Waals surface area contributed by atoms with Crippen molar-refractivity contribution in [3.05, 3.63) is 67.3 Å². The predicted octanol–water partition coefficient (Wildman–Crippen LogP) is 5.05. The molecule has 1 atom stereocenters. The van der Waals surface area contributed by atoms with Gasteiger partial charge in [0, 0.05) is 15.1 Å². The van der Waals surface area contributed by atoms with E-state index in [1.54, 1.807) is 30.3 Å². The van der Waals surface area contributed by atoms with E-state index in [9.17, 15) is 4.39 Å². The maximum Gasteiger partial charge on any atom is 0.142 e.